The summed E-state index contributed by atoms with van der Waals surface area (Å²) in [5.74, 6) is 1.65. The van der Waals surface area contributed by atoms with E-state index < -0.39 is 0 Å². The molecule has 0 radical (unpaired) electrons. The molecule has 0 aliphatic carbocycles. The summed E-state index contributed by atoms with van der Waals surface area (Å²) in [6, 6.07) is 19.3. The smallest absolute Gasteiger partial charge is 0.191 e. The van der Waals surface area contributed by atoms with Gasteiger partial charge in [0.15, 0.2) is 5.90 Å². The normalized spacial score (nSPS) is 18.3. The number of halogens is 1. The first-order valence-electron chi connectivity index (χ1n) is 8.64. The fourth-order valence-corrected chi connectivity index (χ4v) is 3.54. The number of aryl methyl sites for hydroxylation is 1. The molecule has 0 bridgehead atoms. The van der Waals surface area contributed by atoms with Gasteiger partial charge in [-0.05, 0) is 36.0 Å². The van der Waals surface area contributed by atoms with Crippen molar-refractivity contribution in [3.8, 4) is 0 Å². The molecular weight excluding hydrogens is 362 g/mol. The predicted molar refractivity (Wildman–Crippen MR) is 104 cm³/mol. The average Bonchev–Trinajstić information content (AvgIpc) is 3.08. The second-order valence-electron chi connectivity index (χ2n) is 6.68. The summed E-state index contributed by atoms with van der Waals surface area (Å²) in [5, 5.41) is 0. The molecule has 2 atom stereocenters. The molecule has 0 saturated carbocycles. The number of hydrogen-bond donors (Lipinski definition) is 0. The Morgan fingerprint density at radius 1 is 1.08 bits per heavy atom. The van der Waals surface area contributed by atoms with Crippen LogP contribution < -0.4 is 0 Å². The molecule has 0 amide bonds. The third-order valence-electron chi connectivity index (χ3n) is 4.62. The highest BCUT2D eigenvalue weighted by Gasteiger charge is 2.28. The van der Waals surface area contributed by atoms with Crippen molar-refractivity contribution in [1.29, 1.82) is 0 Å². The van der Waals surface area contributed by atoms with Crippen LogP contribution in [0.5, 0.6) is 0 Å². The first-order valence-corrected chi connectivity index (χ1v) is 9.43. The molecule has 1 aliphatic rings. The van der Waals surface area contributed by atoms with E-state index in [0.29, 0.717) is 12.5 Å². The molecule has 24 heavy (non-hydrogen) atoms. The second-order valence-corrected chi connectivity index (χ2v) is 7.54. The van der Waals surface area contributed by atoms with Crippen LogP contribution in [0.15, 0.2) is 64.1 Å². The Balaban J connectivity index is 1.81. The first kappa shape index (κ1) is 17.2. The summed E-state index contributed by atoms with van der Waals surface area (Å²) < 4.78 is 7.17. The third kappa shape index (κ3) is 4.07. The maximum atomic E-state index is 6.00. The SMILES string of the molecule is CC(C)[C@@H]1COC(C(CCc2ccccc2Br)c2ccccc2)=N1. The molecule has 3 rings (SSSR count). The molecular formula is C21H24BrNO. The third-order valence-corrected chi connectivity index (χ3v) is 5.40. The number of aliphatic imine (C=N–C) groups is 1. The van der Waals surface area contributed by atoms with E-state index in [2.05, 4.69) is 84.4 Å². The van der Waals surface area contributed by atoms with Crippen molar-refractivity contribution in [3.05, 3.63) is 70.2 Å². The van der Waals surface area contributed by atoms with Crippen LogP contribution in [0, 0.1) is 5.92 Å². The van der Waals surface area contributed by atoms with Gasteiger partial charge in [0.25, 0.3) is 0 Å². The molecule has 126 valence electrons. The van der Waals surface area contributed by atoms with E-state index in [1.165, 1.54) is 15.6 Å². The maximum Gasteiger partial charge on any atom is 0.191 e. The van der Waals surface area contributed by atoms with Gasteiger partial charge in [-0.2, -0.15) is 0 Å². The zero-order valence-electron chi connectivity index (χ0n) is 14.3. The molecule has 2 aromatic rings. The highest BCUT2D eigenvalue weighted by atomic mass is 79.9. The van der Waals surface area contributed by atoms with Gasteiger partial charge in [-0.1, -0.05) is 78.3 Å². The Morgan fingerprint density at radius 2 is 1.79 bits per heavy atom. The van der Waals surface area contributed by atoms with E-state index in [1.807, 2.05) is 0 Å². The van der Waals surface area contributed by atoms with Crippen LogP contribution >= 0.6 is 15.9 Å². The van der Waals surface area contributed by atoms with Crippen LogP contribution in [0.2, 0.25) is 0 Å². The molecule has 1 aliphatic heterocycles. The molecule has 1 unspecified atom stereocenters. The Bertz CT molecular complexity index is 696. The van der Waals surface area contributed by atoms with Gasteiger partial charge < -0.3 is 4.74 Å². The summed E-state index contributed by atoms with van der Waals surface area (Å²) in [5.41, 5.74) is 2.62. The Morgan fingerprint density at radius 3 is 2.46 bits per heavy atom. The van der Waals surface area contributed by atoms with Gasteiger partial charge in [-0.15, -0.1) is 0 Å². The molecule has 2 nitrogen and oxygen atoms in total. The van der Waals surface area contributed by atoms with Crippen LogP contribution in [-0.2, 0) is 11.2 Å². The molecule has 0 spiro atoms. The minimum absolute atomic E-state index is 0.224. The monoisotopic (exact) mass is 385 g/mol. The summed E-state index contributed by atoms with van der Waals surface area (Å²) >= 11 is 3.65. The quantitative estimate of drug-likeness (QED) is 0.632. The number of ether oxygens (including phenoxy) is 1. The van der Waals surface area contributed by atoms with Crippen LogP contribution in [0.4, 0.5) is 0 Å². The highest BCUT2D eigenvalue weighted by Crippen LogP contribution is 2.29. The average molecular weight is 386 g/mol. The Labute approximate surface area is 153 Å². The van der Waals surface area contributed by atoms with Crippen LogP contribution in [0.1, 0.15) is 37.3 Å². The van der Waals surface area contributed by atoms with Crippen LogP contribution in [0.3, 0.4) is 0 Å². The summed E-state index contributed by atoms with van der Waals surface area (Å²) in [6.45, 7) is 5.13. The van der Waals surface area contributed by atoms with Gasteiger partial charge in [0, 0.05) is 4.47 Å². The van der Waals surface area contributed by atoms with Gasteiger partial charge in [0.1, 0.15) is 6.61 Å². The minimum Gasteiger partial charge on any atom is -0.478 e. The van der Waals surface area contributed by atoms with Gasteiger partial charge in [0.2, 0.25) is 0 Å². The van der Waals surface area contributed by atoms with Crippen molar-refractivity contribution in [2.75, 3.05) is 6.61 Å². The predicted octanol–water partition coefficient (Wildman–Crippen LogP) is 5.62. The van der Waals surface area contributed by atoms with Crippen molar-refractivity contribution in [2.24, 2.45) is 10.9 Å². The zero-order chi connectivity index (χ0) is 16.9. The standard InChI is InChI=1S/C21H24BrNO/c1-15(2)20-14-24-21(23-20)18(16-8-4-3-5-9-16)13-12-17-10-6-7-11-19(17)22/h3-11,15,18,20H,12-14H2,1-2H3/t18?,20-/m0/s1. The number of nitrogens with zero attached hydrogens (tertiary/aromatic N) is 1. The largest absolute Gasteiger partial charge is 0.478 e. The van der Waals surface area contributed by atoms with Crippen molar-refractivity contribution in [3.63, 3.8) is 0 Å². The van der Waals surface area contributed by atoms with Crippen molar-refractivity contribution >= 4 is 21.8 Å². The lowest BCUT2D eigenvalue weighted by atomic mass is 9.92. The fourth-order valence-electron chi connectivity index (χ4n) is 3.06. The Hall–Kier alpha value is -1.61. The molecule has 1 heterocycles. The van der Waals surface area contributed by atoms with Crippen molar-refractivity contribution in [2.45, 2.75) is 38.6 Å². The highest BCUT2D eigenvalue weighted by molar-refractivity contribution is 9.10. The Kier molecular flexibility index (Phi) is 5.72. The molecule has 0 aromatic heterocycles. The van der Waals surface area contributed by atoms with E-state index in [1.54, 1.807) is 0 Å². The minimum atomic E-state index is 0.224. The van der Waals surface area contributed by atoms with Crippen LogP contribution in [-0.4, -0.2) is 18.5 Å². The van der Waals surface area contributed by atoms with Crippen molar-refractivity contribution < 1.29 is 4.74 Å². The van der Waals surface area contributed by atoms with Gasteiger partial charge >= 0.3 is 0 Å². The van der Waals surface area contributed by atoms with E-state index in [9.17, 15) is 0 Å². The molecule has 3 heteroatoms. The zero-order valence-corrected chi connectivity index (χ0v) is 15.9. The van der Waals surface area contributed by atoms with Gasteiger partial charge in [-0.3, -0.25) is 0 Å². The maximum absolute atomic E-state index is 6.00. The molecule has 0 N–H and O–H groups in total. The number of benzene rings is 2. The van der Waals surface area contributed by atoms with E-state index in [0.717, 1.165) is 18.7 Å². The summed E-state index contributed by atoms with van der Waals surface area (Å²) in [6.07, 6.45) is 1.99. The first-order chi connectivity index (χ1) is 11.6. The summed E-state index contributed by atoms with van der Waals surface area (Å²) in [7, 11) is 0. The number of hydrogen-bond acceptors (Lipinski definition) is 2. The lowest BCUT2D eigenvalue weighted by Gasteiger charge is -2.17. The van der Waals surface area contributed by atoms with Gasteiger partial charge in [-0.25, -0.2) is 4.99 Å². The second kappa shape index (κ2) is 7.98. The van der Waals surface area contributed by atoms with E-state index in [4.69, 9.17) is 9.73 Å². The fraction of sp³-hybridized carbons (Fsp3) is 0.381. The van der Waals surface area contributed by atoms with E-state index in [-0.39, 0.29) is 12.0 Å². The lowest BCUT2D eigenvalue weighted by molar-refractivity contribution is 0.281. The molecule has 0 fully saturated rings. The van der Waals surface area contributed by atoms with Crippen LogP contribution in [0.25, 0.3) is 0 Å². The summed E-state index contributed by atoms with van der Waals surface area (Å²) in [4.78, 5) is 4.88. The van der Waals surface area contributed by atoms with Crippen molar-refractivity contribution in [1.82, 2.24) is 0 Å². The molecule has 2 aromatic carbocycles. The number of rotatable bonds is 6. The molecule has 0 saturated heterocycles. The van der Waals surface area contributed by atoms with Gasteiger partial charge in [0.05, 0.1) is 12.0 Å². The topological polar surface area (TPSA) is 21.6 Å². The van der Waals surface area contributed by atoms with E-state index >= 15 is 0 Å². The lowest BCUT2D eigenvalue weighted by Crippen LogP contribution is -2.14.